The molecular formula is C20H31N3O4S. The molecule has 0 radical (unpaired) electrons. The van der Waals surface area contributed by atoms with Crippen LogP contribution in [-0.2, 0) is 19.4 Å². The van der Waals surface area contributed by atoms with Crippen LogP contribution in [0.25, 0.3) is 0 Å². The van der Waals surface area contributed by atoms with E-state index in [-0.39, 0.29) is 28.9 Å². The standard InChI is InChI=1S/C20H31N3O4S/c1-4-22(5-2)20(25)16-21-11-13-23(14-12-21)19(24)10-15-28(26,27)18-8-6-17(3)7-9-18/h6-9H,4-5,10-16H2,1-3H3. The molecule has 0 unspecified atom stereocenters. The number of benzene rings is 1. The predicted octanol–water partition coefficient (Wildman–Crippen LogP) is 1.17. The number of amides is 2. The van der Waals surface area contributed by atoms with Gasteiger partial charge in [-0.1, -0.05) is 17.7 Å². The number of nitrogens with zero attached hydrogens (tertiary/aromatic N) is 3. The minimum Gasteiger partial charge on any atom is -0.342 e. The second-order valence-corrected chi connectivity index (χ2v) is 9.21. The Hall–Kier alpha value is -1.93. The van der Waals surface area contributed by atoms with Gasteiger partial charge in [0, 0.05) is 45.7 Å². The highest BCUT2D eigenvalue weighted by Gasteiger charge is 2.25. The number of hydrogen-bond acceptors (Lipinski definition) is 5. The summed E-state index contributed by atoms with van der Waals surface area (Å²) in [5.41, 5.74) is 0.993. The molecule has 1 fully saturated rings. The maximum absolute atomic E-state index is 12.4. The molecule has 7 nitrogen and oxygen atoms in total. The summed E-state index contributed by atoms with van der Waals surface area (Å²) in [7, 11) is -3.46. The third-order valence-corrected chi connectivity index (χ3v) is 6.90. The summed E-state index contributed by atoms with van der Waals surface area (Å²) in [4.78, 5) is 30.4. The van der Waals surface area contributed by atoms with Crippen molar-refractivity contribution in [1.29, 1.82) is 0 Å². The van der Waals surface area contributed by atoms with E-state index in [1.165, 1.54) is 0 Å². The third-order valence-electron chi connectivity index (χ3n) is 5.16. The summed E-state index contributed by atoms with van der Waals surface area (Å²) < 4.78 is 24.8. The van der Waals surface area contributed by atoms with Crippen LogP contribution in [0.1, 0.15) is 25.8 Å². The van der Waals surface area contributed by atoms with Gasteiger partial charge in [-0.15, -0.1) is 0 Å². The van der Waals surface area contributed by atoms with Crippen molar-refractivity contribution in [3.8, 4) is 0 Å². The predicted molar refractivity (Wildman–Crippen MR) is 109 cm³/mol. The number of sulfone groups is 1. The molecule has 8 heteroatoms. The van der Waals surface area contributed by atoms with E-state index in [0.717, 1.165) is 5.56 Å². The number of aryl methyl sites for hydroxylation is 1. The maximum Gasteiger partial charge on any atom is 0.236 e. The van der Waals surface area contributed by atoms with Crippen molar-refractivity contribution in [3.63, 3.8) is 0 Å². The monoisotopic (exact) mass is 409 g/mol. The highest BCUT2D eigenvalue weighted by Crippen LogP contribution is 2.14. The lowest BCUT2D eigenvalue weighted by Gasteiger charge is -2.35. The molecular weight excluding hydrogens is 378 g/mol. The first-order valence-electron chi connectivity index (χ1n) is 9.84. The molecule has 1 aliphatic rings. The minimum absolute atomic E-state index is 0.0193. The molecule has 0 spiro atoms. The zero-order chi connectivity index (χ0) is 20.7. The Morgan fingerprint density at radius 3 is 2.11 bits per heavy atom. The smallest absolute Gasteiger partial charge is 0.236 e. The lowest BCUT2D eigenvalue weighted by Crippen LogP contribution is -2.51. The number of piperazine rings is 1. The fourth-order valence-electron chi connectivity index (χ4n) is 3.27. The highest BCUT2D eigenvalue weighted by atomic mass is 32.2. The van der Waals surface area contributed by atoms with Crippen molar-refractivity contribution in [2.24, 2.45) is 0 Å². The van der Waals surface area contributed by atoms with Crippen LogP contribution >= 0.6 is 0 Å². The van der Waals surface area contributed by atoms with E-state index < -0.39 is 9.84 Å². The molecule has 2 rings (SSSR count). The Kier molecular flexibility index (Phi) is 8.00. The van der Waals surface area contributed by atoms with E-state index in [0.29, 0.717) is 45.8 Å². The molecule has 156 valence electrons. The van der Waals surface area contributed by atoms with E-state index in [4.69, 9.17) is 0 Å². The Bertz CT molecular complexity index is 765. The Labute approximate surface area is 168 Å². The average molecular weight is 410 g/mol. The fourth-order valence-corrected chi connectivity index (χ4v) is 4.50. The lowest BCUT2D eigenvalue weighted by atomic mass is 10.2. The van der Waals surface area contributed by atoms with Crippen LogP contribution in [0.4, 0.5) is 0 Å². The van der Waals surface area contributed by atoms with Gasteiger partial charge < -0.3 is 9.80 Å². The van der Waals surface area contributed by atoms with Gasteiger partial charge in [0.15, 0.2) is 9.84 Å². The van der Waals surface area contributed by atoms with Crippen molar-refractivity contribution >= 4 is 21.7 Å². The number of likely N-dealkylation sites (N-methyl/N-ethyl adjacent to an activating group) is 1. The van der Waals surface area contributed by atoms with Crippen molar-refractivity contribution in [3.05, 3.63) is 29.8 Å². The van der Waals surface area contributed by atoms with Gasteiger partial charge in [-0.25, -0.2) is 8.42 Å². The second kappa shape index (κ2) is 10.0. The van der Waals surface area contributed by atoms with E-state index >= 15 is 0 Å². The van der Waals surface area contributed by atoms with E-state index in [1.807, 2.05) is 25.7 Å². The van der Waals surface area contributed by atoms with Crippen molar-refractivity contribution in [2.75, 3.05) is 51.6 Å². The first-order valence-corrected chi connectivity index (χ1v) is 11.5. The zero-order valence-electron chi connectivity index (χ0n) is 17.1. The van der Waals surface area contributed by atoms with Gasteiger partial charge in [-0.3, -0.25) is 14.5 Å². The Morgan fingerprint density at radius 2 is 1.57 bits per heavy atom. The lowest BCUT2D eigenvalue weighted by molar-refractivity contribution is -0.134. The maximum atomic E-state index is 12.4. The van der Waals surface area contributed by atoms with Crippen molar-refractivity contribution in [2.45, 2.75) is 32.1 Å². The molecule has 1 saturated heterocycles. The van der Waals surface area contributed by atoms with Crippen molar-refractivity contribution in [1.82, 2.24) is 14.7 Å². The van der Waals surface area contributed by atoms with Gasteiger partial charge in [0.2, 0.25) is 11.8 Å². The van der Waals surface area contributed by atoms with Gasteiger partial charge in [-0.05, 0) is 32.9 Å². The van der Waals surface area contributed by atoms with Crippen LogP contribution in [0.15, 0.2) is 29.2 Å². The normalized spacial score (nSPS) is 15.5. The largest absolute Gasteiger partial charge is 0.342 e. The van der Waals surface area contributed by atoms with Crippen LogP contribution in [0, 0.1) is 6.92 Å². The van der Waals surface area contributed by atoms with Gasteiger partial charge >= 0.3 is 0 Å². The fraction of sp³-hybridized carbons (Fsp3) is 0.600. The number of hydrogen-bond donors (Lipinski definition) is 0. The molecule has 28 heavy (non-hydrogen) atoms. The van der Waals surface area contributed by atoms with Crippen LogP contribution in [-0.4, -0.2) is 86.5 Å². The van der Waals surface area contributed by atoms with E-state index in [2.05, 4.69) is 0 Å². The minimum atomic E-state index is -3.46. The molecule has 1 heterocycles. The summed E-state index contributed by atoms with van der Waals surface area (Å²) in [5, 5.41) is 0. The number of rotatable bonds is 8. The summed E-state index contributed by atoms with van der Waals surface area (Å²) in [6, 6.07) is 6.68. The molecule has 0 bridgehead atoms. The van der Waals surface area contributed by atoms with Crippen LogP contribution in [0.2, 0.25) is 0 Å². The summed E-state index contributed by atoms with van der Waals surface area (Å²) in [6.45, 7) is 9.88. The first-order chi connectivity index (χ1) is 13.3. The summed E-state index contributed by atoms with van der Waals surface area (Å²) in [6.07, 6.45) is -0.0193. The molecule has 0 atom stereocenters. The average Bonchev–Trinajstić information content (AvgIpc) is 2.68. The number of carbonyl (C=O) groups excluding carboxylic acids is 2. The third kappa shape index (κ3) is 6.04. The van der Waals surface area contributed by atoms with Gasteiger partial charge in [0.1, 0.15) is 0 Å². The second-order valence-electron chi connectivity index (χ2n) is 7.10. The molecule has 0 aromatic heterocycles. The Balaban J connectivity index is 1.80. The van der Waals surface area contributed by atoms with Crippen LogP contribution in [0.5, 0.6) is 0 Å². The molecule has 2 amide bonds. The molecule has 1 aromatic rings. The van der Waals surface area contributed by atoms with Gasteiger partial charge in [-0.2, -0.15) is 0 Å². The van der Waals surface area contributed by atoms with Crippen LogP contribution in [0.3, 0.4) is 0 Å². The molecule has 1 aromatic carbocycles. The highest BCUT2D eigenvalue weighted by molar-refractivity contribution is 7.91. The van der Waals surface area contributed by atoms with Gasteiger partial charge in [0.25, 0.3) is 0 Å². The quantitative estimate of drug-likeness (QED) is 0.644. The molecule has 0 saturated carbocycles. The van der Waals surface area contributed by atoms with Crippen molar-refractivity contribution < 1.29 is 18.0 Å². The molecule has 1 aliphatic heterocycles. The number of carbonyl (C=O) groups is 2. The van der Waals surface area contributed by atoms with E-state index in [9.17, 15) is 18.0 Å². The SMILES string of the molecule is CCN(CC)C(=O)CN1CCN(C(=O)CCS(=O)(=O)c2ccc(C)cc2)CC1. The first kappa shape index (κ1) is 22.4. The van der Waals surface area contributed by atoms with Crippen LogP contribution < -0.4 is 0 Å². The van der Waals surface area contributed by atoms with Gasteiger partial charge in [0.05, 0.1) is 17.2 Å². The summed E-state index contributed by atoms with van der Waals surface area (Å²) >= 11 is 0. The zero-order valence-corrected chi connectivity index (χ0v) is 17.9. The summed E-state index contributed by atoms with van der Waals surface area (Å²) in [5.74, 6) is -0.227. The molecule has 0 N–H and O–H groups in total. The topological polar surface area (TPSA) is 78.0 Å². The molecule has 0 aliphatic carbocycles. The van der Waals surface area contributed by atoms with E-state index in [1.54, 1.807) is 34.1 Å². The Morgan fingerprint density at radius 1 is 1.00 bits per heavy atom.